The predicted octanol–water partition coefficient (Wildman–Crippen LogP) is 4.79. The van der Waals surface area contributed by atoms with Crippen molar-refractivity contribution in [1.29, 1.82) is 0 Å². The molecular weight excluding hydrogens is 348 g/mol. The molecule has 4 rings (SSSR count). The van der Waals surface area contributed by atoms with Crippen molar-refractivity contribution in [2.24, 2.45) is 7.05 Å². The molecule has 132 valence electrons. The molecule has 0 atom stereocenters. The smallest absolute Gasteiger partial charge is 0.339 e. The summed E-state index contributed by atoms with van der Waals surface area (Å²) < 4.78 is 55.1. The van der Waals surface area contributed by atoms with E-state index in [0.29, 0.717) is 27.9 Å². The van der Waals surface area contributed by atoms with Gasteiger partial charge < -0.3 is 4.98 Å². The van der Waals surface area contributed by atoms with Crippen LogP contribution in [0.5, 0.6) is 0 Å². The average molecular weight is 360 g/mol. The Morgan fingerprint density at radius 2 is 1.77 bits per heavy atom. The molecule has 8 heteroatoms. The number of rotatable bonds is 2. The zero-order valence-electron chi connectivity index (χ0n) is 13.5. The molecule has 26 heavy (non-hydrogen) atoms. The third kappa shape index (κ3) is 2.73. The van der Waals surface area contributed by atoms with E-state index in [1.54, 1.807) is 25.2 Å². The standard InChI is InChI=1S/C18H12F4N4/c1-26-9-11(7-24-26)16-13-6-15(10-2-4-12(19)5-3-10)25-17(13)23-8-14(16)18(20,21)22/h2-9H,1H3,(H,23,25). The van der Waals surface area contributed by atoms with Gasteiger partial charge in [0.2, 0.25) is 0 Å². The highest BCUT2D eigenvalue weighted by Crippen LogP contribution is 2.41. The number of nitrogens with one attached hydrogen (secondary N) is 1. The van der Waals surface area contributed by atoms with E-state index in [1.165, 1.54) is 29.2 Å². The monoisotopic (exact) mass is 360 g/mol. The Morgan fingerprint density at radius 1 is 1.04 bits per heavy atom. The van der Waals surface area contributed by atoms with E-state index in [-0.39, 0.29) is 5.56 Å². The van der Waals surface area contributed by atoms with Gasteiger partial charge in [-0.05, 0) is 35.9 Å². The van der Waals surface area contributed by atoms with Crippen LogP contribution in [0, 0.1) is 5.82 Å². The highest BCUT2D eigenvalue weighted by Gasteiger charge is 2.35. The second kappa shape index (κ2) is 5.69. The van der Waals surface area contributed by atoms with Gasteiger partial charge in [-0.25, -0.2) is 9.37 Å². The number of aromatic nitrogens is 4. The Morgan fingerprint density at radius 3 is 2.38 bits per heavy atom. The maximum atomic E-state index is 13.5. The number of aryl methyl sites for hydroxylation is 1. The average Bonchev–Trinajstić information content (AvgIpc) is 3.19. The summed E-state index contributed by atoms with van der Waals surface area (Å²) in [6.07, 6.45) is -0.835. The van der Waals surface area contributed by atoms with Gasteiger partial charge in [0.1, 0.15) is 11.5 Å². The zero-order chi connectivity index (χ0) is 18.5. The fourth-order valence-electron chi connectivity index (χ4n) is 2.94. The summed E-state index contributed by atoms with van der Waals surface area (Å²) in [6, 6.07) is 7.27. The Labute approximate surface area is 145 Å². The number of aromatic amines is 1. The first-order chi connectivity index (χ1) is 12.3. The van der Waals surface area contributed by atoms with Crippen molar-refractivity contribution in [2.45, 2.75) is 6.18 Å². The third-order valence-electron chi connectivity index (χ3n) is 4.11. The van der Waals surface area contributed by atoms with Crippen LogP contribution in [0.1, 0.15) is 5.56 Å². The molecule has 0 aliphatic rings. The Hall–Kier alpha value is -3.16. The second-order valence-electron chi connectivity index (χ2n) is 5.90. The van der Waals surface area contributed by atoms with Crippen molar-refractivity contribution >= 4 is 11.0 Å². The van der Waals surface area contributed by atoms with E-state index in [1.807, 2.05) is 0 Å². The van der Waals surface area contributed by atoms with E-state index in [4.69, 9.17) is 0 Å². The van der Waals surface area contributed by atoms with Gasteiger partial charge >= 0.3 is 6.18 Å². The third-order valence-corrected chi connectivity index (χ3v) is 4.11. The number of H-pyrrole nitrogens is 1. The minimum Gasteiger partial charge on any atom is -0.339 e. The number of nitrogens with zero attached hydrogens (tertiary/aromatic N) is 3. The first-order valence-electron chi connectivity index (χ1n) is 7.67. The lowest BCUT2D eigenvalue weighted by atomic mass is 10.0. The van der Waals surface area contributed by atoms with Gasteiger partial charge in [0, 0.05) is 41.6 Å². The number of benzene rings is 1. The van der Waals surface area contributed by atoms with Crippen LogP contribution >= 0.6 is 0 Å². The molecule has 0 spiro atoms. The van der Waals surface area contributed by atoms with E-state index in [9.17, 15) is 17.6 Å². The van der Waals surface area contributed by atoms with Gasteiger partial charge in [-0.2, -0.15) is 18.3 Å². The first-order valence-corrected chi connectivity index (χ1v) is 7.67. The molecule has 1 N–H and O–H groups in total. The first kappa shape index (κ1) is 16.3. The second-order valence-corrected chi connectivity index (χ2v) is 5.90. The molecule has 4 nitrogen and oxygen atoms in total. The molecule has 4 aromatic rings. The lowest BCUT2D eigenvalue weighted by Gasteiger charge is -2.12. The maximum Gasteiger partial charge on any atom is 0.418 e. The molecule has 1 aromatic carbocycles. The molecule has 0 aliphatic carbocycles. The molecule has 0 bridgehead atoms. The topological polar surface area (TPSA) is 46.5 Å². The molecule has 0 radical (unpaired) electrons. The van der Waals surface area contributed by atoms with Gasteiger partial charge in [-0.3, -0.25) is 4.68 Å². The largest absolute Gasteiger partial charge is 0.418 e. The summed E-state index contributed by atoms with van der Waals surface area (Å²) in [5, 5.41) is 4.30. The summed E-state index contributed by atoms with van der Waals surface area (Å²) in [5.41, 5.74) is 1.04. The van der Waals surface area contributed by atoms with Crippen LogP contribution in [-0.2, 0) is 13.2 Å². The SMILES string of the molecule is Cn1cc(-c2c(C(F)(F)F)cnc3[nH]c(-c4ccc(F)cc4)cc23)cn1. The van der Waals surface area contributed by atoms with Crippen molar-refractivity contribution < 1.29 is 17.6 Å². The van der Waals surface area contributed by atoms with Crippen molar-refractivity contribution in [3.8, 4) is 22.4 Å². The highest BCUT2D eigenvalue weighted by molar-refractivity contribution is 5.97. The van der Waals surface area contributed by atoms with E-state index in [2.05, 4.69) is 15.1 Å². The summed E-state index contributed by atoms with van der Waals surface area (Å²) in [6.45, 7) is 0. The summed E-state index contributed by atoms with van der Waals surface area (Å²) in [7, 11) is 1.64. The van der Waals surface area contributed by atoms with Crippen LogP contribution in [0.15, 0.2) is 48.9 Å². The van der Waals surface area contributed by atoms with Gasteiger partial charge in [-0.1, -0.05) is 0 Å². The normalized spacial score (nSPS) is 12.0. The number of fused-ring (bicyclic) bond motifs is 1. The lowest BCUT2D eigenvalue weighted by Crippen LogP contribution is -2.08. The van der Waals surface area contributed by atoms with E-state index in [0.717, 1.165) is 6.20 Å². The number of hydrogen-bond donors (Lipinski definition) is 1. The van der Waals surface area contributed by atoms with Crippen LogP contribution in [0.4, 0.5) is 17.6 Å². The summed E-state index contributed by atoms with van der Waals surface area (Å²) >= 11 is 0. The van der Waals surface area contributed by atoms with Crippen LogP contribution in [0.3, 0.4) is 0 Å². The Kier molecular flexibility index (Phi) is 3.57. The number of pyridine rings is 1. The van der Waals surface area contributed by atoms with Crippen LogP contribution < -0.4 is 0 Å². The quantitative estimate of drug-likeness (QED) is 0.523. The molecule has 3 aromatic heterocycles. The van der Waals surface area contributed by atoms with Crippen LogP contribution in [0.25, 0.3) is 33.4 Å². The Balaban J connectivity index is 1.99. The van der Waals surface area contributed by atoms with Crippen molar-refractivity contribution in [1.82, 2.24) is 19.7 Å². The highest BCUT2D eigenvalue weighted by atomic mass is 19.4. The maximum absolute atomic E-state index is 13.5. The minimum atomic E-state index is -4.56. The van der Waals surface area contributed by atoms with Crippen LogP contribution in [0.2, 0.25) is 0 Å². The molecule has 0 amide bonds. The van der Waals surface area contributed by atoms with Crippen molar-refractivity contribution in [2.75, 3.05) is 0 Å². The minimum absolute atomic E-state index is 0.0141. The van der Waals surface area contributed by atoms with E-state index < -0.39 is 17.6 Å². The Bertz CT molecular complexity index is 1090. The molecule has 0 unspecified atom stereocenters. The van der Waals surface area contributed by atoms with Gasteiger partial charge in [0.15, 0.2) is 0 Å². The number of hydrogen-bond acceptors (Lipinski definition) is 2. The van der Waals surface area contributed by atoms with E-state index >= 15 is 0 Å². The lowest BCUT2D eigenvalue weighted by molar-refractivity contribution is -0.137. The fraction of sp³-hybridized carbons (Fsp3) is 0.111. The van der Waals surface area contributed by atoms with Gasteiger partial charge in [-0.15, -0.1) is 0 Å². The summed E-state index contributed by atoms with van der Waals surface area (Å²) in [4.78, 5) is 6.93. The molecule has 0 aliphatic heterocycles. The molecular formula is C18H12F4N4. The van der Waals surface area contributed by atoms with Gasteiger partial charge in [0.05, 0.1) is 11.8 Å². The number of halogens is 4. The van der Waals surface area contributed by atoms with Crippen LogP contribution in [-0.4, -0.2) is 19.7 Å². The zero-order valence-corrected chi connectivity index (χ0v) is 13.5. The number of alkyl halides is 3. The van der Waals surface area contributed by atoms with Crippen molar-refractivity contribution in [3.05, 3.63) is 60.3 Å². The predicted molar refractivity (Wildman–Crippen MR) is 88.7 cm³/mol. The molecule has 0 saturated heterocycles. The van der Waals surface area contributed by atoms with Crippen molar-refractivity contribution in [3.63, 3.8) is 0 Å². The molecule has 0 saturated carbocycles. The molecule has 0 fully saturated rings. The summed E-state index contributed by atoms with van der Waals surface area (Å²) in [5.74, 6) is -0.390. The molecule has 3 heterocycles. The van der Waals surface area contributed by atoms with Gasteiger partial charge in [0.25, 0.3) is 0 Å². The fourth-order valence-corrected chi connectivity index (χ4v) is 2.94.